The van der Waals surface area contributed by atoms with Gasteiger partial charge in [0.05, 0.1) is 12.0 Å². The van der Waals surface area contributed by atoms with Crippen LogP contribution in [0.5, 0.6) is 0 Å². The Morgan fingerprint density at radius 2 is 1.79 bits per heavy atom. The van der Waals surface area contributed by atoms with Gasteiger partial charge in [0.15, 0.2) is 11.4 Å². The Labute approximate surface area is 227 Å². The molecule has 2 aromatic carbocycles. The number of esters is 1. The molecule has 0 aliphatic heterocycles. The second-order valence-corrected chi connectivity index (χ2v) is 10.4. The number of carbonyl (C=O) groups excluding carboxylic acids is 2. The molecular formula is C32H32N4O3. The SMILES string of the molecule is CCOC(=O)[C@H](Cc1ccc(-n2c(-c3ccccc3)nc3cccnc32)cc1)NC1=CC(=O)C12CCCCC2. The molecule has 1 N–H and O–H groups in total. The summed E-state index contributed by atoms with van der Waals surface area (Å²) in [6, 6.07) is 21.5. The summed E-state index contributed by atoms with van der Waals surface area (Å²) in [4.78, 5) is 35.0. The molecule has 198 valence electrons. The molecule has 1 fully saturated rings. The number of nitrogens with zero attached hydrogens (tertiary/aromatic N) is 3. The highest BCUT2D eigenvalue weighted by molar-refractivity contribution is 6.05. The first-order valence-electron chi connectivity index (χ1n) is 13.8. The molecule has 4 aromatic rings. The monoisotopic (exact) mass is 520 g/mol. The van der Waals surface area contributed by atoms with Crippen LogP contribution in [0.3, 0.4) is 0 Å². The van der Waals surface area contributed by atoms with Crippen LogP contribution >= 0.6 is 0 Å². The fourth-order valence-electron chi connectivity index (χ4n) is 5.89. The molecule has 1 spiro atoms. The molecule has 2 aliphatic rings. The molecule has 0 radical (unpaired) electrons. The fraction of sp³-hybridized carbons (Fsp3) is 0.312. The smallest absolute Gasteiger partial charge is 0.328 e. The molecule has 0 bridgehead atoms. The summed E-state index contributed by atoms with van der Waals surface area (Å²) in [7, 11) is 0. The number of hydrogen-bond acceptors (Lipinski definition) is 6. The van der Waals surface area contributed by atoms with Crippen molar-refractivity contribution in [3.05, 3.63) is 90.3 Å². The highest BCUT2D eigenvalue weighted by atomic mass is 16.5. The third-order valence-electron chi connectivity index (χ3n) is 7.95. The van der Waals surface area contributed by atoms with Gasteiger partial charge in [0.25, 0.3) is 0 Å². The molecule has 1 saturated carbocycles. The van der Waals surface area contributed by atoms with Crippen molar-refractivity contribution >= 4 is 22.9 Å². The van der Waals surface area contributed by atoms with Crippen LogP contribution in [0, 0.1) is 5.41 Å². The zero-order valence-corrected chi connectivity index (χ0v) is 22.1. The van der Waals surface area contributed by atoms with Crippen molar-refractivity contribution in [2.45, 2.75) is 51.5 Å². The van der Waals surface area contributed by atoms with Crippen molar-refractivity contribution in [3.8, 4) is 17.1 Å². The van der Waals surface area contributed by atoms with Gasteiger partial charge in [0, 0.05) is 35.6 Å². The maximum absolute atomic E-state index is 13.0. The van der Waals surface area contributed by atoms with Gasteiger partial charge < -0.3 is 10.1 Å². The van der Waals surface area contributed by atoms with E-state index in [1.165, 1.54) is 0 Å². The van der Waals surface area contributed by atoms with E-state index in [9.17, 15) is 9.59 Å². The molecule has 2 heterocycles. The Hall–Kier alpha value is -4.26. The molecule has 39 heavy (non-hydrogen) atoms. The van der Waals surface area contributed by atoms with Gasteiger partial charge in [-0.25, -0.2) is 14.8 Å². The fourth-order valence-corrected chi connectivity index (χ4v) is 5.89. The number of benzene rings is 2. The van der Waals surface area contributed by atoms with E-state index in [4.69, 9.17) is 9.72 Å². The van der Waals surface area contributed by atoms with Crippen molar-refractivity contribution in [1.29, 1.82) is 0 Å². The first-order chi connectivity index (χ1) is 19.1. The third-order valence-corrected chi connectivity index (χ3v) is 7.95. The van der Waals surface area contributed by atoms with Crippen LogP contribution < -0.4 is 5.32 Å². The molecule has 0 unspecified atom stereocenters. The number of ketones is 1. The highest BCUT2D eigenvalue weighted by Gasteiger charge is 2.49. The number of ether oxygens (including phenoxy) is 1. The molecule has 7 heteroatoms. The van der Waals surface area contributed by atoms with Crippen LogP contribution in [0.2, 0.25) is 0 Å². The van der Waals surface area contributed by atoms with Crippen LogP contribution in [-0.4, -0.2) is 38.9 Å². The lowest BCUT2D eigenvalue weighted by atomic mass is 9.62. The maximum atomic E-state index is 13.0. The number of aromatic nitrogens is 3. The Bertz CT molecular complexity index is 1530. The van der Waals surface area contributed by atoms with Gasteiger partial charge in [-0.1, -0.05) is 61.7 Å². The summed E-state index contributed by atoms with van der Waals surface area (Å²) >= 11 is 0. The number of fused-ring (bicyclic) bond motifs is 1. The topological polar surface area (TPSA) is 86.1 Å². The predicted molar refractivity (Wildman–Crippen MR) is 150 cm³/mol. The van der Waals surface area contributed by atoms with E-state index < -0.39 is 11.5 Å². The van der Waals surface area contributed by atoms with E-state index in [-0.39, 0.29) is 11.8 Å². The Kier molecular flexibility index (Phi) is 6.73. The number of nitrogens with one attached hydrogen (secondary N) is 1. The summed E-state index contributed by atoms with van der Waals surface area (Å²) in [6.45, 7) is 2.12. The second kappa shape index (κ2) is 10.5. The minimum Gasteiger partial charge on any atom is -0.464 e. The first kappa shape index (κ1) is 25.0. The zero-order chi connectivity index (χ0) is 26.8. The highest BCUT2D eigenvalue weighted by Crippen LogP contribution is 2.48. The summed E-state index contributed by atoms with van der Waals surface area (Å²) in [6.07, 6.45) is 8.84. The summed E-state index contributed by atoms with van der Waals surface area (Å²) < 4.78 is 7.47. The first-order valence-corrected chi connectivity index (χ1v) is 13.8. The minimum absolute atomic E-state index is 0.187. The summed E-state index contributed by atoms with van der Waals surface area (Å²) in [5.74, 6) is 0.707. The molecule has 0 saturated heterocycles. The van der Waals surface area contributed by atoms with E-state index >= 15 is 0 Å². The summed E-state index contributed by atoms with van der Waals surface area (Å²) in [5.41, 5.74) is 5.01. The van der Waals surface area contributed by atoms with Gasteiger partial charge in [-0.05, 0) is 49.6 Å². The second-order valence-electron chi connectivity index (χ2n) is 10.4. The van der Waals surface area contributed by atoms with Crippen molar-refractivity contribution in [2.75, 3.05) is 6.61 Å². The van der Waals surface area contributed by atoms with E-state index in [1.54, 1.807) is 12.3 Å². The maximum Gasteiger partial charge on any atom is 0.328 e. The number of carbonyl (C=O) groups is 2. The summed E-state index contributed by atoms with van der Waals surface area (Å²) in [5, 5.41) is 3.41. The Balaban J connectivity index is 1.28. The number of imidazole rings is 1. The molecule has 6 rings (SSSR count). The number of rotatable bonds is 8. The normalized spacial score (nSPS) is 16.9. The molecule has 0 amide bonds. The van der Waals surface area contributed by atoms with Crippen LogP contribution in [0.15, 0.2) is 84.7 Å². The van der Waals surface area contributed by atoms with E-state index in [1.807, 2.05) is 73.7 Å². The predicted octanol–water partition coefficient (Wildman–Crippen LogP) is 5.57. The lowest BCUT2D eigenvalue weighted by Crippen LogP contribution is -2.52. The van der Waals surface area contributed by atoms with Crippen molar-refractivity contribution in [2.24, 2.45) is 5.41 Å². The molecule has 2 aromatic heterocycles. The number of allylic oxidation sites excluding steroid dienone is 2. The average molecular weight is 521 g/mol. The third kappa shape index (κ3) is 4.62. The number of hydrogen-bond donors (Lipinski definition) is 1. The molecule has 2 aliphatic carbocycles. The van der Waals surface area contributed by atoms with E-state index in [0.717, 1.165) is 71.6 Å². The minimum atomic E-state index is -0.565. The standard InChI is InChI=1S/C32H32N4O3/c1-2-39-31(38)26(34-27-21-28(37)32(27)17-7-4-8-18-32)20-22-13-15-24(16-14-22)36-29(23-10-5-3-6-11-23)35-25-12-9-19-33-30(25)36/h3,5-6,9-16,19,21,26,34H,2,4,7-8,17-18,20H2,1H3/t26-/m0/s1. The van der Waals surface area contributed by atoms with Crippen LogP contribution in [-0.2, 0) is 20.7 Å². The Morgan fingerprint density at radius 3 is 2.51 bits per heavy atom. The van der Waals surface area contributed by atoms with Gasteiger partial charge in [0.1, 0.15) is 17.4 Å². The zero-order valence-electron chi connectivity index (χ0n) is 22.1. The van der Waals surface area contributed by atoms with Gasteiger partial charge in [-0.3, -0.25) is 9.36 Å². The molecular weight excluding hydrogens is 488 g/mol. The lowest BCUT2D eigenvalue weighted by Gasteiger charge is -2.44. The van der Waals surface area contributed by atoms with Gasteiger partial charge in [-0.2, -0.15) is 0 Å². The van der Waals surface area contributed by atoms with Crippen molar-refractivity contribution in [3.63, 3.8) is 0 Å². The van der Waals surface area contributed by atoms with Crippen molar-refractivity contribution < 1.29 is 14.3 Å². The molecule has 7 nitrogen and oxygen atoms in total. The average Bonchev–Trinajstić information content (AvgIpc) is 3.37. The van der Waals surface area contributed by atoms with Gasteiger partial charge in [0.2, 0.25) is 0 Å². The quantitative estimate of drug-likeness (QED) is 0.306. The van der Waals surface area contributed by atoms with E-state index in [2.05, 4.69) is 14.9 Å². The van der Waals surface area contributed by atoms with Crippen LogP contribution in [0.25, 0.3) is 28.2 Å². The van der Waals surface area contributed by atoms with E-state index in [0.29, 0.717) is 13.0 Å². The van der Waals surface area contributed by atoms with Gasteiger partial charge >= 0.3 is 5.97 Å². The number of pyridine rings is 1. The largest absolute Gasteiger partial charge is 0.464 e. The molecule has 1 atom stereocenters. The van der Waals surface area contributed by atoms with Crippen LogP contribution in [0.1, 0.15) is 44.6 Å². The van der Waals surface area contributed by atoms with Gasteiger partial charge in [-0.15, -0.1) is 0 Å². The van der Waals surface area contributed by atoms with Crippen molar-refractivity contribution in [1.82, 2.24) is 19.9 Å². The Morgan fingerprint density at radius 1 is 1.03 bits per heavy atom. The lowest BCUT2D eigenvalue weighted by molar-refractivity contribution is -0.146. The van der Waals surface area contributed by atoms with Crippen LogP contribution in [0.4, 0.5) is 0 Å².